The fourth-order valence-corrected chi connectivity index (χ4v) is 4.07. The first kappa shape index (κ1) is 12.1. The van der Waals surface area contributed by atoms with E-state index in [4.69, 9.17) is 0 Å². The zero-order valence-electron chi connectivity index (χ0n) is 7.97. The molecule has 1 aromatic heterocycles. The molecule has 0 aliphatic heterocycles. The van der Waals surface area contributed by atoms with Gasteiger partial charge in [-0.15, -0.1) is 0 Å². The van der Waals surface area contributed by atoms with Crippen molar-refractivity contribution >= 4 is 48.5 Å². The van der Waals surface area contributed by atoms with Crippen LogP contribution in [0, 0.1) is 3.70 Å². The van der Waals surface area contributed by atoms with Gasteiger partial charge >= 0.3 is 0 Å². The summed E-state index contributed by atoms with van der Waals surface area (Å²) >= 11 is 5.28. The molecule has 84 valence electrons. The Bertz CT molecular complexity index is 607. The summed E-state index contributed by atoms with van der Waals surface area (Å²) in [4.78, 5) is 0.288. The number of aromatic nitrogens is 1. The molecular weight excluding hydrogens is 405 g/mol. The maximum Gasteiger partial charge on any atom is 0.268 e. The van der Waals surface area contributed by atoms with Gasteiger partial charge in [0.25, 0.3) is 10.0 Å². The molecule has 1 aromatic carbocycles. The van der Waals surface area contributed by atoms with E-state index in [2.05, 4.69) is 15.9 Å². The van der Waals surface area contributed by atoms with E-state index in [1.807, 2.05) is 22.6 Å². The molecule has 1 heterocycles. The van der Waals surface area contributed by atoms with Crippen molar-refractivity contribution < 1.29 is 8.42 Å². The van der Waals surface area contributed by atoms with Crippen LogP contribution in [0.4, 0.5) is 0 Å². The van der Waals surface area contributed by atoms with Crippen LogP contribution in [-0.4, -0.2) is 12.4 Å². The number of rotatable bonds is 2. The highest BCUT2D eigenvalue weighted by Crippen LogP contribution is 2.24. The lowest BCUT2D eigenvalue weighted by Crippen LogP contribution is -2.13. The molecule has 0 unspecified atom stereocenters. The van der Waals surface area contributed by atoms with E-state index in [0.29, 0.717) is 3.70 Å². The lowest BCUT2D eigenvalue weighted by molar-refractivity contribution is 0.586. The Kier molecular flexibility index (Phi) is 3.41. The molecule has 16 heavy (non-hydrogen) atoms. The Hall–Kier alpha value is -0.340. The molecule has 0 aliphatic carbocycles. The summed E-state index contributed by atoms with van der Waals surface area (Å²) in [6.45, 7) is 0. The minimum Gasteiger partial charge on any atom is -0.235 e. The average molecular weight is 412 g/mol. The molecule has 0 fully saturated rings. The second kappa shape index (κ2) is 4.50. The Balaban J connectivity index is 2.61. The first-order chi connectivity index (χ1) is 7.53. The molecule has 6 heteroatoms. The van der Waals surface area contributed by atoms with Crippen LogP contribution < -0.4 is 0 Å². The molecule has 0 saturated carbocycles. The Morgan fingerprint density at radius 2 is 1.75 bits per heavy atom. The molecule has 0 bridgehead atoms. The standard InChI is InChI=1S/C10H7BrINO2S/c11-9-6-7-13(10(9)12)16(14,15)8-4-2-1-3-5-8/h1-7H. The van der Waals surface area contributed by atoms with Crippen molar-refractivity contribution in [1.82, 2.24) is 3.97 Å². The van der Waals surface area contributed by atoms with Crippen molar-refractivity contribution in [2.75, 3.05) is 0 Å². The molecular formula is C10H7BrINO2S. The van der Waals surface area contributed by atoms with E-state index < -0.39 is 10.0 Å². The third-order valence-electron chi connectivity index (χ3n) is 2.05. The summed E-state index contributed by atoms with van der Waals surface area (Å²) in [5, 5.41) is 0. The average Bonchev–Trinajstić information content (AvgIpc) is 2.61. The zero-order valence-corrected chi connectivity index (χ0v) is 12.5. The third-order valence-corrected chi connectivity index (χ3v) is 6.55. The second-order valence-corrected chi connectivity index (χ2v) is 6.76. The van der Waals surface area contributed by atoms with Crippen LogP contribution in [0.15, 0.2) is 52.0 Å². The first-order valence-corrected chi connectivity index (χ1v) is 7.67. The Labute approximate surface area is 116 Å². The molecule has 0 saturated heterocycles. The fraction of sp³-hybridized carbons (Fsp3) is 0. The molecule has 3 nitrogen and oxygen atoms in total. The molecule has 0 spiro atoms. The quantitative estimate of drug-likeness (QED) is 0.712. The lowest BCUT2D eigenvalue weighted by Gasteiger charge is -2.06. The van der Waals surface area contributed by atoms with Gasteiger partial charge in [0.15, 0.2) is 0 Å². The normalized spacial score (nSPS) is 11.6. The Morgan fingerprint density at radius 1 is 1.12 bits per heavy atom. The van der Waals surface area contributed by atoms with Gasteiger partial charge in [-0.2, -0.15) is 0 Å². The van der Waals surface area contributed by atoms with Crippen molar-refractivity contribution in [2.45, 2.75) is 4.90 Å². The van der Waals surface area contributed by atoms with E-state index >= 15 is 0 Å². The summed E-state index contributed by atoms with van der Waals surface area (Å²) in [5.41, 5.74) is 0. The summed E-state index contributed by atoms with van der Waals surface area (Å²) in [6, 6.07) is 10.1. The number of hydrogen-bond acceptors (Lipinski definition) is 2. The van der Waals surface area contributed by atoms with Gasteiger partial charge in [0, 0.05) is 6.20 Å². The maximum absolute atomic E-state index is 12.2. The van der Waals surface area contributed by atoms with Crippen LogP contribution in [0.5, 0.6) is 0 Å². The summed E-state index contributed by atoms with van der Waals surface area (Å²) in [5.74, 6) is 0. The van der Waals surface area contributed by atoms with Crippen molar-refractivity contribution in [3.63, 3.8) is 0 Å². The van der Waals surface area contributed by atoms with Gasteiger partial charge in [0.05, 0.1) is 9.37 Å². The minimum atomic E-state index is -3.47. The zero-order chi connectivity index (χ0) is 11.8. The van der Waals surface area contributed by atoms with Crippen LogP contribution in [0.1, 0.15) is 0 Å². The molecule has 2 aromatic rings. The number of benzene rings is 1. The molecule has 0 aliphatic rings. The molecule has 0 radical (unpaired) electrons. The maximum atomic E-state index is 12.2. The predicted octanol–water partition coefficient (Wildman–Crippen LogP) is 3.09. The van der Waals surface area contributed by atoms with Crippen LogP contribution in [0.2, 0.25) is 0 Å². The van der Waals surface area contributed by atoms with Crippen molar-refractivity contribution in [1.29, 1.82) is 0 Å². The van der Waals surface area contributed by atoms with E-state index in [9.17, 15) is 8.42 Å². The third kappa shape index (κ3) is 2.05. The van der Waals surface area contributed by atoms with Gasteiger partial charge in [-0.1, -0.05) is 18.2 Å². The second-order valence-electron chi connectivity index (χ2n) is 3.07. The van der Waals surface area contributed by atoms with Gasteiger partial charge in [-0.25, -0.2) is 12.4 Å². The highest BCUT2D eigenvalue weighted by Gasteiger charge is 2.19. The molecule has 0 amide bonds. The number of nitrogens with zero attached hydrogens (tertiary/aromatic N) is 1. The predicted molar refractivity (Wildman–Crippen MR) is 73.9 cm³/mol. The van der Waals surface area contributed by atoms with Gasteiger partial charge in [-0.05, 0) is 56.7 Å². The first-order valence-electron chi connectivity index (χ1n) is 4.36. The van der Waals surface area contributed by atoms with Crippen LogP contribution in [-0.2, 0) is 10.0 Å². The van der Waals surface area contributed by atoms with Gasteiger partial charge in [-0.3, -0.25) is 0 Å². The molecule has 0 N–H and O–H groups in total. The van der Waals surface area contributed by atoms with Gasteiger partial charge in [0.1, 0.15) is 3.70 Å². The van der Waals surface area contributed by atoms with Crippen molar-refractivity contribution in [3.05, 3.63) is 50.8 Å². The monoisotopic (exact) mass is 411 g/mol. The van der Waals surface area contributed by atoms with Crippen molar-refractivity contribution in [2.24, 2.45) is 0 Å². The van der Waals surface area contributed by atoms with Crippen LogP contribution in [0.25, 0.3) is 0 Å². The van der Waals surface area contributed by atoms with Crippen LogP contribution >= 0.6 is 38.5 Å². The van der Waals surface area contributed by atoms with Gasteiger partial charge in [0.2, 0.25) is 0 Å². The van der Waals surface area contributed by atoms with E-state index in [1.165, 1.54) is 10.2 Å². The summed E-state index contributed by atoms with van der Waals surface area (Å²) in [7, 11) is -3.47. The largest absolute Gasteiger partial charge is 0.268 e. The fourth-order valence-electron chi connectivity index (χ4n) is 1.26. The number of halogens is 2. The van der Waals surface area contributed by atoms with E-state index in [-0.39, 0.29) is 4.90 Å². The number of hydrogen-bond donors (Lipinski definition) is 0. The Morgan fingerprint density at radius 3 is 2.25 bits per heavy atom. The smallest absolute Gasteiger partial charge is 0.235 e. The topological polar surface area (TPSA) is 39.1 Å². The van der Waals surface area contributed by atoms with Crippen molar-refractivity contribution in [3.8, 4) is 0 Å². The summed E-state index contributed by atoms with van der Waals surface area (Å²) < 4.78 is 27.1. The highest BCUT2D eigenvalue weighted by atomic mass is 127. The summed E-state index contributed by atoms with van der Waals surface area (Å²) in [6.07, 6.45) is 1.54. The lowest BCUT2D eigenvalue weighted by atomic mass is 10.4. The van der Waals surface area contributed by atoms with E-state index in [0.717, 1.165) is 4.47 Å². The SMILES string of the molecule is O=S(=O)(c1ccccc1)n1ccc(Br)c1I. The molecule has 0 atom stereocenters. The minimum absolute atomic E-state index is 0.288. The van der Waals surface area contributed by atoms with Crippen LogP contribution in [0.3, 0.4) is 0 Å². The highest BCUT2D eigenvalue weighted by molar-refractivity contribution is 14.1. The molecule has 2 rings (SSSR count). The van der Waals surface area contributed by atoms with Gasteiger partial charge < -0.3 is 0 Å². The van der Waals surface area contributed by atoms with E-state index in [1.54, 1.807) is 36.4 Å².